The van der Waals surface area contributed by atoms with Gasteiger partial charge in [-0.15, -0.1) is 10.2 Å². The molecule has 3 N–H and O–H groups in total. The minimum atomic E-state index is -0.748. The summed E-state index contributed by atoms with van der Waals surface area (Å²) in [4.78, 5) is 14.9. The quantitative estimate of drug-likeness (QED) is 0.468. The number of aromatic nitrogens is 5. The number of benzene rings is 1. The molecule has 6 aliphatic rings. The van der Waals surface area contributed by atoms with E-state index < -0.39 is 6.23 Å². The molecule has 0 radical (unpaired) electrons. The van der Waals surface area contributed by atoms with Crippen molar-refractivity contribution in [2.24, 2.45) is 0 Å². The van der Waals surface area contributed by atoms with E-state index in [1.54, 1.807) is 13.4 Å². The Bertz CT molecular complexity index is 1320. The summed E-state index contributed by atoms with van der Waals surface area (Å²) in [6.07, 6.45) is 9.25. The van der Waals surface area contributed by atoms with Gasteiger partial charge in [-0.05, 0) is 69.3 Å². The highest BCUT2D eigenvalue weighted by atomic mass is 16.5. The first-order chi connectivity index (χ1) is 18.6. The number of hydrogen-bond acceptors (Lipinski definition) is 10. The number of nitrogens with one attached hydrogen (secondary N) is 2. The van der Waals surface area contributed by atoms with Gasteiger partial charge in [0.15, 0.2) is 11.6 Å². The summed E-state index contributed by atoms with van der Waals surface area (Å²) in [5.41, 5.74) is 2.44. The predicted molar refractivity (Wildman–Crippen MR) is 143 cm³/mol. The molecule has 11 heteroatoms. The van der Waals surface area contributed by atoms with Gasteiger partial charge in [0.2, 0.25) is 5.95 Å². The van der Waals surface area contributed by atoms with E-state index in [0.717, 1.165) is 73.8 Å². The number of anilines is 3. The van der Waals surface area contributed by atoms with E-state index in [2.05, 4.69) is 42.5 Å². The Morgan fingerprint density at radius 1 is 1.13 bits per heavy atom. The first-order valence-corrected chi connectivity index (χ1v) is 13.8. The van der Waals surface area contributed by atoms with E-state index in [1.807, 2.05) is 29.0 Å². The Kier molecular flexibility index (Phi) is 5.94. The first kappa shape index (κ1) is 23.8. The molecule has 4 atom stereocenters. The van der Waals surface area contributed by atoms with E-state index >= 15 is 0 Å². The summed E-state index contributed by atoms with van der Waals surface area (Å²) in [7, 11) is 1.64. The maximum absolute atomic E-state index is 11.0. The van der Waals surface area contributed by atoms with Gasteiger partial charge in [-0.1, -0.05) is 13.0 Å². The average Bonchev–Trinajstić information content (AvgIpc) is 3.63. The Labute approximate surface area is 222 Å². The van der Waals surface area contributed by atoms with Crippen LogP contribution in [0.2, 0.25) is 0 Å². The van der Waals surface area contributed by atoms with Crippen LogP contribution >= 0.6 is 0 Å². The van der Waals surface area contributed by atoms with E-state index in [4.69, 9.17) is 9.72 Å². The van der Waals surface area contributed by atoms with Crippen LogP contribution in [0.25, 0.3) is 5.69 Å². The van der Waals surface area contributed by atoms with Gasteiger partial charge in [0.25, 0.3) is 0 Å². The molecule has 1 aromatic carbocycles. The lowest BCUT2D eigenvalue weighted by molar-refractivity contribution is 0.0866. The molecule has 2 fully saturated rings. The number of ether oxygens (including phenoxy) is 1. The van der Waals surface area contributed by atoms with Crippen molar-refractivity contribution in [2.45, 2.75) is 75.8 Å². The van der Waals surface area contributed by atoms with Crippen LogP contribution in [-0.4, -0.2) is 73.1 Å². The van der Waals surface area contributed by atoms with Crippen LogP contribution < -0.4 is 20.3 Å². The standard InChI is InChI=1S/C27H35N9O2/c1-3-21-25-33-29-15-35(25)22-14-28-27-31-20-7-4-16(12-23(20)38-2)26(37)30-17-8-10-34(11-9-17)18-5-6-19(13-18)36(21)24(22)32-27/h4,7,12,14-15,17-19,21,26,30,37H,3,5-6,8-11,13H2,1-2H3,(H,28,31,32). The number of fused-ring (bicyclic) bond motifs is 4. The highest BCUT2D eigenvalue weighted by molar-refractivity contribution is 5.68. The summed E-state index contributed by atoms with van der Waals surface area (Å²) in [5.74, 6) is 3.01. The summed E-state index contributed by atoms with van der Waals surface area (Å²) < 4.78 is 7.73. The first-order valence-electron chi connectivity index (χ1n) is 13.8. The van der Waals surface area contributed by atoms with E-state index in [-0.39, 0.29) is 12.1 Å². The van der Waals surface area contributed by atoms with Crippen molar-refractivity contribution < 1.29 is 9.84 Å². The molecule has 1 saturated carbocycles. The van der Waals surface area contributed by atoms with Gasteiger partial charge >= 0.3 is 0 Å². The largest absolute Gasteiger partial charge is 0.495 e. The van der Waals surface area contributed by atoms with Gasteiger partial charge in [0, 0.05) is 18.1 Å². The van der Waals surface area contributed by atoms with Crippen molar-refractivity contribution in [3.8, 4) is 11.4 Å². The number of aliphatic hydroxyl groups excluding tert-OH is 1. The van der Waals surface area contributed by atoms with Crippen LogP contribution in [0, 0.1) is 0 Å². The van der Waals surface area contributed by atoms with Gasteiger partial charge in [-0.2, -0.15) is 4.98 Å². The molecule has 7 heterocycles. The third-order valence-electron chi connectivity index (χ3n) is 8.85. The molecule has 5 aliphatic heterocycles. The third kappa shape index (κ3) is 3.91. The number of methoxy groups -OCH3 is 1. The molecular weight excluding hydrogens is 482 g/mol. The third-order valence-corrected chi connectivity index (χ3v) is 8.85. The number of nitrogens with zero attached hydrogens (tertiary/aromatic N) is 7. The highest BCUT2D eigenvalue weighted by Crippen LogP contribution is 2.44. The zero-order valence-corrected chi connectivity index (χ0v) is 21.9. The van der Waals surface area contributed by atoms with E-state index in [0.29, 0.717) is 23.8 Å². The molecule has 0 spiro atoms. The molecule has 9 rings (SSSR count). The molecule has 3 aromatic rings. The van der Waals surface area contributed by atoms with Gasteiger partial charge in [0.05, 0.1) is 25.0 Å². The second-order valence-electron chi connectivity index (χ2n) is 10.9. The Balaban J connectivity index is 1.34. The molecule has 11 nitrogen and oxygen atoms in total. The number of aliphatic hydroxyl groups is 1. The molecule has 1 aliphatic carbocycles. The van der Waals surface area contributed by atoms with Crippen LogP contribution in [0.15, 0.2) is 30.7 Å². The molecule has 0 amide bonds. The molecule has 4 unspecified atom stereocenters. The lowest BCUT2D eigenvalue weighted by Crippen LogP contribution is -2.47. The minimum absolute atomic E-state index is 0.104. The maximum atomic E-state index is 11.0. The van der Waals surface area contributed by atoms with Crippen molar-refractivity contribution in [1.82, 2.24) is 34.9 Å². The molecule has 2 aromatic heterocycles. The van der Waals surface area contributed by atoms with Crippen molar-refractivity contribution in [1.29, 1.82) is 0 Å². The zero-order chi connectivity index (χ0) is 25.8. The highest BCUT2D eigenvalue weighted by Gasteiger charge is 2.42. The lowest BCUT2D eigenvalue weighted by atomic mass is 10.0. The van der Waals surface area contributed by atoms with Crippen molar-refractivity contribution in [3.63, 3.8) is 0 Å². The van der Waals surface area contributed by atoms with Crippen LogP contribution in [0.3, 0.4) is 0 Å². The second-order valence-corrected chi connectivity index (χ2v) is 10.9. The molecule has 200 valence electrons. The fourth-order valence-corrected chi connectivity index (χ4v) is 6.89. The molecule has 1 saturated heterocycles. The summed E-state index contributed by atoms with van der Waals surface area (Å²) in [6.45, 7) is 4.30. The van der Waals surface area contributed by atoms with E-state index in [9.17, 15) is 5.11 Å². The fourth-order valence-electron chi connectivity index (χ4n) is 6.89. The van der Waals surface area contributed by atoms with Gasteiger partial charge in [-0.3, -0.25) is 9.88 Å². The zero-order valence-electron chi connectivity index (χ0n) is 21.9. The van der Waals surface area contributed by atoms with Crippen LogP contribution in [-0.2, 0) is 0 Å². The Morgan fingerprint density at radius 3 is 2.79 bits per heavy atom. The van der Waals surface area contributed by atoms with Crippen molar-refractivity contribution in [2.75, 3.05) is 30.4 Å². The van der Waals surface area contributed by atoms with Crippen LogP contribution in [0.4, 0.5) is 17.5 Å². The fraction of sp³-hybridized carbons (Fsp3) is 0.556. The maximum Gasteiger partial charge on any atom is 0.229 e. The smallest absolute Gasteiger partial charge is 0.229 e. The summed E-state index contributed by atoms with van der Waals surface area (Å²) >= 11 is 0. The Morgan fingerprint density at radius 2 is 1.97 bits per heavy atom. The van der Waals surface area contributed by atoms with Gasteiger partial charge in [-0.25, -0.2) is 4.98 Å². The lowest BCUT2D eigenvalue weighted by Gasteiger charge is -2.41. The number of rotatable bonds is 2. The van der Waals surface area contributed by atoms with Crippen LogP contribution in [0.5, 0.6) is 5.75 Å². The van der Waals surface area contributed by atoms with E-state index in [1.165, 1.54) is 6.42 Å². The summed E-state index contributed by atoms with van der Waals surface area (Å²) in [6, 6.07) is 7.02. The van der Waals surface area contributed by atoms with Gasteiger partial charge < -0.3 is 25.0 Å². The normalized spacial score (nSPS) is 29.9. The molecular formula is C27H35N9O2. The van der Waals surface area contributed by atoms with Crippen molar-refractivity contribution >= 4 is 17.5 Å². The molecule has 8 bridgehead atoms. The Hall–Kier alpha value is -3.28. The molecule has 38 heavy (non-hydrogen) atoms. The van der Waals surface area contributed by atoms with Gasteiger partial charge in [0.1, 0.15) is 24.0 Å². The number of hydrogen-bond donors (Lipinski definition) is 3. The predicted octanol–water partition coefficient (Wildman–Crippen LogP) is 3.06. The monoisotopic (exact) mass is 517 g/mol. The topological polar surface area (TPSA) is 116 Å². The minimum Gasteiger partial charge on any atom is -0.495 e. The second kappa shape index (κ2) is 9.48. The summed E-state index contributed by atoms with van der Waals surface area (Å²) in [5, 5.41) is 26.5. The van der Waals surface area contributed by atoms with Crippen LogP contribution in [0.1, 0.15) is 69.1 Å². The average molecular weight is 518 g/mol. The van der Waals surface area contributed by atoms with Crippen molar-refractivity contribution in [3.05, 3.63) is 42.1 Å². The number of piperidine rings is 1. The SMILES string of the molecule is CCC1c2nncn2-c2cnc3nc2N1C1CCC(C1)N1CCC(CC1)NC(O)c1ccc(c(OC)c1)N3.